The third-order valence-corrected chi connectivity index (χ3v) is 4.46. The number of hydrogen-bond donors (Lipinski definition) is 2. The Kier molecular flexibility index (Phi) is 7.12. The number of rotatable bonds is 7. The Morgan fingerprint density at radius 1 is 1.20 bits per heavy atom. The van der Waals surface area contributed by atoms with E-state index in [1.807, 2.05) is 42.5 Å². The van der Waals surface area contributed by atoms with E-state index in [1.54, 1.807) is 6.07 Å². The molecule has 3 N–H and O–H groups in total. The van der Waals surface area contributed by atoms with E-state index in [0.717, 1.165) is 24.0 Å². The van der Waals surface area contributed by atoms with E-state index in [4.69, 9.17) is 22.1 Å². The number of halogens is 2. The number of carbonyl (C=O) groups is 1. The number of benzene rings is 2. The number of amides is 1. The number of nitrogens with one attached hydrogen (secondary N) is 1. The van der Waals surface area contributed by atoms with Gasteiger partial charge < -0.3 is 15.8 Å². The number of carbonyl (C=O) groups excluding carboxylic acids is 1. The van der Waals surface area contributed by atoms with Crippen molar-refractivity contribution in [2.75, 3.05) is 13.2 Å². The summed E-state index contributed by atoms with van der Waals surface area (Å²) in [7, 11) is 0. The molecule has 1 saturated carbocycles. The molecule has 1 aliphatic carbocycles. The molecule has 2 aromatic rings. The number of hydrogen-bond acceptors (Lipinski definition) is 3. The summed E-state index contributed by atoms with van der Waals surface area (Å²) < 4.78 is 5.51. The van der Waals surface area contributed by atoms with Crippen LogP contribution in [0, 0.1) is 5.92 Å². The third kappa shape index (κ3) is 5.63. The fourth-order valence-corrected chi connectivity index (χ4v) is 2.78. The molecule has 0 saturated heterocycles. The molecule has 0 spiro atoms. The van der Waals surface area contributed by atoms with Gasteiger partial charge >= 0.3 is 0 Å². The summed E-state index contributed by atoms with van der Waals surface area (Å²) in [5.74, 6) is 0.874. The van der Waals surface area contributed by atoms with Gasteiger partial charge in [-0.15, -0.1) is 12.4 Å². The number of ether oxygens (including phenoxy) is 1. The first-order chi connectivity index (χ1) is 11.6. The maximum atomic E-state index is 11.8. The highest BCUT2D eigenvalue weighted by atomic mass is 35.5. The molecule has 0 aliphatic heterocycles. The van der Waals surface area contributed by atoms with Crippen LogP contribution in [0.15, 0.2) is 48.5 Å². The van der Waals surface area contributed by atoms with Crippen LogP contribution in [0.1, 0.15) is 12.8 Å². The molecule has 4 nitrogen and oxygen atoms in total. The molecule has 1 aliphatic rings. The van der Waals surface area contributed by atoms with Gasteiger partial charge in [0.1, 0.15) is 5.75 Å². The van der Waals surface area contributed by atoms with Crippen molar-refractivity contribution in [2.45, 2.75) is 18.9 Å². The van der Waals surface area contributed by atoms with E-state index in [2.05, 4.69) is 5.32 Å². The van der Waals surface area contributed by atoms with Crippen LogP contribution in [0.2, 0.25) is 5.02 Å². The van der Waals surface area contributed by atoms with Crippen molar-refractivity contribution in [2.24, 2.45) is 11.7 Å². The number of nitrogens with two attached hydrogens (primary N) is 1. The van der Waals surface area contributed by atoms with Gasteiger partial charge in [-0.25, -0.2) is 0 Å². The second kappa shape index (κ2) is 9.09. The SMILES string of the molecule is Cl.NC(CNC(=O)COc1ccc(-c2ccccc2)cc1Cl)C1CC1. The summed E-state index contributed by atoms with van der Waals surface area (Å²) in [5, 5.41) is 3.28. The zero-order chi connectivity index (χ0) is 16.9. The lowest BCUT2D eigenvalue weighted by molar-refractivity contribution is -0.123. The zero-order valence-electron chi connectivity index (χ0n) is 13.8. The summed E-state index contributed by atoms with van der Waals surface area (Å²) in [6, 6.07) is 15.6. The summed E-state index contributed by atoms with van der Waals surface area (Å²) in [6.45, 7) is 0.426. The Morgan fingerprint density at radius 3 is 2.56 bits per heavy atom. The van der Waals surface area contributed by atoms with Crippen molar-refractivity contribution in [1.82, 2.24) is 5.32 Å². The van der Waals surface area contributed by atoms with Gasteiger partial charge in [-0.2, -0.15) is 0 Å². The van der Waals surface area contributed by atoms with Crippen molar-refractivity contribution in [3.63, 3.8) is 0 Å². The normalized spacial score (nSPS) is 14.3. The van der Waals surface area contributed by atoms with Gasteiger partial charge in [0.2, 0.25) is 0 Å². The summed E-state index contributed by atoms with van der Waals surface area (Å²) in [5.41, 5.74) is 8.04. The highest BCUT2D eigenvalue weighted by Gasteiger charge is 2.28. The largest absolute Gasteiger partial charge is 0.482 e. The second-order valence-electron chi connectivity index (χ2n) is 6.11. The minimum atomic E-state index is -0.186. The van der Waals surface area contributed by atoms with Crippen molar-refractivity contribution in [3.05, 3.63) is 53.6 Å². The Bertz CT molecular complexity index is 706. The maximum Gasteiger partial charge on any atom is 0.257 e. The van der Waals surface area contributed by atoms with Crippen LogP contribution in [-0.4, -0.2) is 25.1 Å². The molecule has 3 rings (SSSR count). The third-order valence-electron chi connectivity index (χ3n) is 4.16. The topological polar surface area (TPSA) is 64.3 Å². The van der Waals surface area contributed by atoms with Crippen LogP contribution in [-0.2, 0) is 4.79 Å². The standard InChI is InChI=1S/C19H21ClN2O2.ClH/c20-16-10-15(13-4-2-1-3-5-13)8-9-18(16)24-12-19(23)22-11-17(21)14-6-7-14;/h1-5,8-10,14,17H,6-7,11-12,21H2,(H,22,23);1H. The Hall–Kier alpha value is -1.75. The van der Waals surface area contributed by atoms with Crippen LogP contribution in [0.5, 0.6) is 5.75 Å². The molecule has 2 aromatic carbocycles. The monoisotopic (exact) mass is 380 g/mol. The van der Waals surface area contributed by atoms with Crippen molar-refractivity contribution < 1.29 is 9.53 Å². The summed E-state index contributed by atoms with van der Waals surface area (Å²) >= 11 is 6.26. The minimum Gasteiger partial charge on any atom is -0.482 e. The fraction of sp³-hybridized carbons (Fsp3) is 0.316. The zero-order valence-corrected chi connectivity index (χ0v) is 15.4. The van der Waals surface area contributed by atoms with E-state index in [-0.39, 0.29) is 31.0 Å². The van der Waals surface area contributed by atoms with Gasteiger partial charge in [-0.1, -0.05) is 48.0 Å². The lowest BCUT2D eigenvalue weighted by Gasteiger charge is -2.13. The van der Waals surface area contributed by atoms with E-state index in [0.29, 0.717) is 23.2 Å². The highest BCUT2D eigenvalue weighted by Crippen LogP contribution is 2.31. The Labute approximate surface area is 159 Å². The highest BCUT2D eigenvalue weighted by molar-refractivity contribution is 6.32. The lowest BCUT2D eigenvalue weighted by Crippen LogP contribution is -2.40. The van der Waals surface area contributed by atoms with Crippen LogP contribution >= 0.6 is 24.0 Å². The van der Waals surface area contributed by atoms with Crippen LogP contribution < -0.4 is 15.8 Å². The van der Waals surface area contributed by atoms with E-state index in [1.165, 1.54) is 0 Å². The predicted molar refractivity (Wildman–Crippen MR) is 103 cm³/mol. The first kappa shape index (κ1) is 19.6. The minimum absolute atomic E-state index is 0. The predicted octanol–water partition coefficient (Wildman–Crippen LogP) is 3.66. The second-order valence-corrected chi connectivity index (χ2v) is 6.51. The van der Waals surface area contributed by atoms with Crippen LogP contribution in [0.3, 0.4) is 0 Å². The molecule has 1 unspecified atom stereocenters. The van der Waals surface area contributed by atoms with Gasteiger partial charge in [-0.05, 0) is 42.0 Å². The van der Waals surface area contributed by atoms with Gasteiger partial charge in [-0.3, -0.25) is 4.79 Å². The molecular formula is C19H22Cl2N2O2. The molecule has 1 amide bonds. The van der Waals surface area contributed by atoms with Gasteiger partial charge in [0.05, 0.1) is 5.02 Å². The first-order valence-electron chi connectivity index (χ1n) is 8.13. The summed E-state index contributed by atoms with van der Waals surface area (Å²) in [4.78, 5) is 11.8. The van der Waals surface area contributed by atoms with Gasteiger partial charge in [0.15, 0.2) is 6.61 Å². The van der Waals surface area contributed by atoms with Gasteiger partial charge in [0, 0.05) is 12.6 Å². The Balaban J connectivity index is 0.00000225. The van der Waals surface area contributed by atoms with Gasteiger partial charge in [0.25, 0.3) is 5.91 Å². The maximum absolute atomic E-state index is 11.8. The Morgan fingerprint density at radius 2 is 1.92 bits per heavy atom. The summed E-state index contributed by atoms with van der Waals surface area (Å²) in [6.07, 6.45) is 2.33. The molecule has 0 aromatic heterocycles. The first-order valence-corrected chi connectivity index (χ1v) is 8.51. The van der Waals surface area contributed by atoms with E-state index >= 15 is 0 Å². The molecule has 0 bridgehead atoms. The molecule has 134 valence electrons. The molecule has 0 radical (unpaired) electrons. The fourth-order valence-electron chi connectivity index (χ4n) is 2.55. The van der Waals surface area contributed by atoms with Crippen molar-refractivity contribution in [1.29, 1.82) is 0 Å². The average molecular weight is 381 g/mol. The molecule has 6 heteroatoms. The van der Waals surface area contributed by atoms with E-state index in [9.17, 15) is 4.79 Å². The smallest absolute Gasteiger partial charge is 0.257 e. The van der Waals surface area contributed by atoms with Crippen molar-refractivity contribution >= 4 is 29.9 Å². The quantitative estimate of drug-likeness (QED) is 0.769. The molecule has 25 heavy (non-hydrogen) atoms. The molecule has 1 fully saturated rings. The molecule has 1 atom stereocenters. The average Bonchev–Trinajstić information content (AvgIpc) is 3.44. The van der Waals surface area contributed by atoms with Crippen LogP contribution in [0.4, 0.5) is 0 Å². The molecule has 0 heterocycles. The molecular weight excluding hydrogens is 359 g/mol. The van der Waals surface area contributed by atoms with E-state index < -0.39 is 0 Å². The van der Waals surface area contributed by atoms with Crippen LogP contribution in [0.25, 0.3) is 11.1 Å². The van der Waals surface area contributed by atoms with Crippen molar-refractivity contribution in [3.8, 4) is 16.9 Å². The lowest BCUT2D eigenvalue weighted by atomic mass is 10.1.